The zero-order valence-electron chi connectivity index (χ0n) is 11.1. The average molecular weight is 241 g/mol. The molecule has 0 fully saturated rings. The topological polar surface area (TPSA) is 37.8 Å². The second-order valence-electron chi connectivity index (χ2n) is 5.35. The van der Waals surface area contributed by atoms with E-state index < -0.39 is 0 Å². The number of anilines is 1. The van der Waals surface area contributed by atoms with Gasteiger partial charge in [-0.25, -0.2) is 4.98 Å². The Kier molecular flexibility index (Phi) is 3.60. The number of hydrogen-bond donors (Lipinski definition) is 1. The molecule has 1 N–H and O–H groups in total. The summed E-state index contributed by atoms with van der Waals surface area (Å²) in [5.41, 5.74) is 2.44. The van der Waals surface area contributed by atoms with E-state index in [1.807, 2.05) is 24.4 Å². The molecular weight excluding hydrogens is 222 g/mol. The smallest absolute Gasteiger partial charge is 0.126 e. The number of nitrogens with zero attached hydrogens (tertiary/aromatic N) is 2. The molecule has 0 atom stereocenters. The van der Waals surface area contributed by atoms with Crippen molar-refractivity contribution in [2.24, 2.45) is 0 Å². The zero-order chi connectivity index (χ0) is 13.0. The van der Waals surface area contributed by atoms with E-state index in [-0.39, 0.29) is 5.41 Å². The van der Waals surface area contributed by atoms with Gasteiger partial charge in [0.15, 0.2) is 0 Å². The van der Waals surface area contributed by atoms with Crippen molar-refractivity contribution in [2.45, 2.75) is 32.7 Å². The van der Waals surface area contributed by atoms with Gasteiger partial charge in [0.05, 0.1) is 12.2 Å². The molecule has 0 aromatic carbocycles. The summed E-state index contributed by atoms with van der Waals surface area (Å²) in [5, 5.41) is 3.30. The maximum atomic E-state index is 4.33. The van der Waals surface area contributed by atoms with Crippen LogP contribution in [-0.2, 0) is 12.0 Å². The van der Waals surface area contributed by atoms with Crippen LogP contribution in [0.15, 0.2) is 42.7 Å². The van der Waals surface area contributed by atoms with Crippen LogP contribution >= 0.6 is 0 Å². The number of aromatic nitrogens is 2. The Labute approximate surface area is 108 Å². The molecule has 0 unspecified atom stereocenters. The Hall–Kier alpha value is -1.90. The van der Waals surface area contributed by atoms with E-state index in [0.29, 0.717) is 6.54 Å². The first-order chi connectivity index (χ1) is 8.55. The van der Waals surface area contributed by atoms with Crippen LogP contribution in [0.25, 0.3) is 0 Å². The Bertz CT molecular complexity index is 501. The Morgan fingerprint density at radius 2 is 1.89 bits per heavy atom. The van der Waals surface area contributed by atoms with Crippen LogP contribution in [0.2, 0.25) is 0 Å². The largest absolute Gasteiger partial charge is 0.364 e. The van der Waals surface area contributed by atoms with Crippen molar-refractivity contribution in [3.05, 3.63) is 54.0 Å². The van der Waals surface area contributed by atoms with Crippen LogP contribution in [0.4, 0.5) is 5.82 Å². The maximum absolute atomic E-state index is 4.33. The van der Waals surface area contributed by atoms with E-state index in [1.165, 1.54) is 5.56 Å². The fraction of sp³-hybridized carbons (Fsp3) is 0.333. The van der Waals surface area contributed by atoms with E-state index >= 15 is 0 Å². The van der Waals surface area contributed by atoms with Crippen molar-refractivity contribution in [1.29, 1.82) is 0 Å². The highest BCUT2D eigenvalue weighted by molar-refractivity contribution is 5.40. The maximum Gasteiger partial charge on any atom is 0.126 e. The van der Waals surface area contributed by atoms with Crippen molar-refractivity contribution < 1.29 is 0 Å². The number of hydrogen-bond acceptors (Lipinski definition) is 3. The van der Waals surface area contributed by atoms with Crippen LogP contribution in [-0.4, -0.2) is 9.97 Å². The van der Waals surface area contributed by atoms with Crippen molar-refractivity contribution in [2.75, 3.05) is 5.32 Å². The second kappa shape index (κ2) is 5.17. The predicted octanol–water partition coefficient (Wildman–Crippen LogP) is 3.39. The zero-order valence-corrected chi connectivity index (χ0v) is 11.1. The van der Waals surface area contributed by atoms with E-state index in [2.05, 4.69) is 48.2 Å². The molecule has 18 heavy (non-hydrogen) atoms. The molecule has 2 aromatic heterocycles. The number of rotatable bonds is 3. The summed E-state index contributed by atoms with van der Waals surface area (Å²) in [6.45, 7) is 7.29. The van der Waals surface area contributed by atoms with E-state index in [0.717, 1.165) is 11.5 Å². The highest BCUT2D eigenvalue weighted by Crippen LogP contribution is 2.23. The Balaban J connectivity index is 2.06. The minimum atomic E-state index is 0.143. The van der Waals surface area contributed by atoms with Crippen molar-refractivity contribution in [3.63, 3.8) is 0 Å². The first-order valence-corrected chi connectivity index (χ1v) is 6.16. The number of pyridine rings is 2. The lowest BCUT2D eigenvalue weighted by molar-refractivity contribution is 0.589. The van der Waals surface area contributed by atoms with Crippen LogP contribution in [0, 0.1) is 0 Å². The summed E-state index contributed by atoms with van der Waals surface area (Å²) in [5.74, 6) is 0.896. The van der Waals surface area contributed by atoms with Gasteiger partial charge in [0.1, 0.15) is 5.82 Å². The van der Waals surface area contributed by atoms with Gasteiger partial charge in [-0.1, -0.05) is 26.8 Å². The lowest BCUT2D eigenvalue weighted by Crippen LogP contribution is -2.12. The third-order valence-corrected chi connectivity index (χ3v) is 2.80. The first kappa shape index (κ1) is 12.6. The lowest BCUT2D eigenvalue weighted by atomic mass is 9.88. The monoisotopic (exact) mass is 241 g/mol. The molecule has 3 nitrogen and oxygen atoms in total. The predicted molar refractivity (Wildman–Crippen MR) is 74.5 cm³/mol. The quantitative estimate of drug-likeness (QED) is 0.895. The van der Waals surface area contributed by atoms with Gasteiger partial charge in [0.25, 0.3) is 0 Å². The minimum absolute atomic E-state index is 0.143. The molecule has 0 aliphatic carbocycles. The molecule has 0 amide bonds. The molecular formula is C15H19N3. The molecule has 2 rings (SSSR count). The van der Waals surface area contributed by atoms with Gasteiger partial charge in [-0.2, -0.15) is 0 Å². The van der Waals surface area contributed by atoms with Gasteiger partial charge < -0.3 is 5.32 Å². The highest BCUT2D eigenvalue weighted by Gasteiger charge is 2.13. The van der Waals surface area contributed by atoms with Gasteiger partial charge in [0, 0.05) is 12.4 Å². The summed E-state index contributed by atoms with van der Waals surface area (Å²) < 4.78 is 0. The fourth-order valence-corrected chi connectivity index (χ4v) is 1.68. The molecule has 0 saturated carbocycles. The molecule has 0 spiro atoms. The first-order valence-electron chi connectivity index (χ1n) is 6.16. The Morgan fingerprint density at radius 1 is 1.06 bits per heavy atom. The molecule has 0 radical (unpaired) electrons. The third kappa shape index (κ3) is 3.29. The summed E-state index contributed by atoms with van der Waals surface area (Å²) >= 11 is 0. The van der Waals surface area contributed by atoms with Crippen LogP contribution < -0.4 is 5.32 Å². The summed E-state index contributed by atoms with van der Waals surface area (Å²) in [4.78, 5) is 8.60. The van der Waals surface area contributed by atoms with Crippen molar-refractivity contribution >= 4 is 5.82 Å². The fourth-order valence-electron chi connectivity index (χ4n) is 1.68. The molecule has 2 aromatic rings. The van der Waals surface area contributed by atoms with E-state index in [1.54, 1.807) is 6.20 Å². The van der Waals surface area contributed by atoms with Gasteiger partial charge in [-0.15, -0.1) is 0 Å². The SMILES string of the molecule is CC(C)(C)c1ccnc(NCc2ccccn2)c1. The molecule has 0 aliphatic heterocycles. The molecule has 0 aliphatic rings. The highest BCUT2D eigenvalue weighted by atomic mass is 15.0. The lowest BCUT2D eigenvalue weighted by Gasteiger charge is -2.19. The average Bonchev–Trinajstić information content (AvgIpc) is 2.37. The molecule has 0 bridgehead atoms. The van der Waals surface area contributed by atoms with Crippen molar-refractivity contribution in [1.82, 2.24) is 9.97 Å². The summed E-state index contributed by atoms with van der Waals surface area (Å²) in [6, 6.07) is 10.1. The summed E-state index contributed by atoms with van der Waals surface area (Å²) in [6.07, 6.45) is 3.65. The molecule has 3 heteroatoms. The van der Waals surface area contributed by atoms with Gasteiger partial charge in [0.2, 0.25) is 0 Å². The molecule has 94 valence electrons. The van der Waals surface area contributed by atoms with Crippen LogP contribution in [0.5, 0.6) is 0 Å². The molecule has 0 saturated heterocycles. The van der Waals surface area contributed by atoms with E-state index in [4.69, 9.17) is 0 Å². The number of nitrogens with one attached hydrogen (secondary N) is 1. The van der Waals surface area contributed by atoms with Crippen LogP contribution in [0.3, 0.4) is 0 Å². The molecule has 2 heterocycles. The van der Waals surface area contributed by atoms with Crippen LogP contribution in [0.1, 0.15) is 32.0 Å². The third-order valence-electron chi connectivity index (χ3n) is 2.80. The van der Waals surface area contributed by atoms with Gasteiger partial charge in [-0.3, -0.25) is 4.98 Å². The second-order valence-corrected chi connectivity index (χ2v) is 5.35. The van der Waals surface area contributed by atoms with Crippen molar-refractivity contribution in [3.8, 4) is 0 Å². The van der Waals surface area contributed by atoms with E-state index in [9.17, 15) is 0 Å². The van der Waals surface area contributed by atoms with Gasteiger partial charge in [-0.05, 0) is 35.2 Å². The Morgan fingerprint density at radius 3 is 2.56 bits per heavy atom. The normalized spacial score (nSPS) is 11.3. The standard InChI is InChI=1S/C15H19N3/c1-15(2,3)12-7-9-17-14(10-12)18-11-13-6-4-5-8-16-13/h4-10H,11H2,1-3H3,(H,17,18). The minimum Gasteiger partial charge on any atom is -0.364 e. The van der Waals surface area contributed by atoms with Gasteiger partial charge >= 0.3 is 0 Å². The summed E-state index contributed by atoms with van der Waals surface area (Å²) in [7, 11) is 0.